The van der Waals surface area contributed by atoms with Crippen LogP contribution in [-0.2, 0) is 10.2 Å². The number of nitrogens with zero attached hydrogens (tertiary/aromatic N) is 4. The van der Waals surface area contributed by atoms with Gasteiger partial charge in [0.15, 0.2) is 0 Å². The zero-order valence-corrected chi connectivity index (χ0v) is 14.1. The molecule has 1 aromatic heterocycles. The maximum Gasteiger partial charge on any atom is 0.279 e. The van der Waals surface area contributed by atoms with E-state index >= 15 is 0 Å². The van der Waals surface area contributed by atoms with Gasteiger partial charge in [0.05, 0.1) is 0 Å². The molecule has 0 aliphatic carbocycles. The Morgan fingerprint density at radius 2 is 2.14 bits per heavy atom. The van der Waals surface area contributed by atoms with Crippen molar-refractivity contribution in [3.05, 3.63) is 18.5 Å². The minimum Gasteiger partial charge on any atom is -0.339 e. The van der Waals surface area contributed by atoms with Gasteiger partial charge in [0.25, 0.3) is 10.2 Å². The van der Waals surface area contributed by atoms with Crippen LogP contribution in [0.15, 0.2) is 18.5 Å². The SMILES string of the molecule is CCCCN(C)S(=O)(=O)N[C@H]1CCCN(c2ncccn2)C1. The Hall–Kier alpha value is -1.25. The first kappa shape index (κ1) is 17.1. The fourth-order valence-corrected chi connectivity index (χ4v) is 3.67. The topological polar surface area (TPSA) is 78.4 Å². The van der Waals surface area contributed by atoms with Gasteiger partial charge in [-0.1, -0.05) is 13.3 Å². The van der Waals surface area contributed by atoms with Crippen LogP contribution in [0.1, 0.15) is 32.6 Å². The monoisotopic (exact) mass is 327 g/mol. The first-order valence-electron chi connectivity index (χ1n) is 7.78. The van der Waals surface area contributed by atoms with Gasteiger partial charge in [-0.15, -0.1) is 0 Å². The highest BCUT2D eigenvalue weighted by atomic mass is 32.2. The lowest BCUT2D eigenvalue weighted by molar-refractivity contribution is 0.416. The van der Waals surface area contributed by atoms with Crippen LogP contribution in [0, 0.1) is 0 Å². The van der Waals surface area contributed by atoms with Crippen molar-refractivity contribution < 1.29 is 8.42 Å². The summed E-state index contributed by atoms with van der Waals surface area (Å²) in [6.45, 7) is 4.05. The molecule has 0 amide bonds. The summed E-state index contributed by atoms with van der Waals surface area (Å²) in [6, 6.07) is 1.67. The minimum absolute atomic E-state index is 0.105. The minimum atomic E-state index is -3.42. The quantitative estimate of drug-likeness (QED) is 0.809. The number of hydrogen-bond acceptors (Lipinski definition) is 5. The molecule has 124 valence electrons. The second-order valence-electron chi connectivity index (χ2n) is 5.63. The molecule has 1 aromatic rings. The highest BCUT2D eigenvalue weighted by molar-refractivity contribution is 7.87. The van der Waals surface area contributed by atoms with Crippen molar-refractivity contribution in [3.8, 4) is 0 Å². The third-order valence-electron chi connectivity index (χ3n) is 3.81. The van der Waals surface area contributed by atoms with Crippen LogP contribution in [0.2, 0.25) is 0 Å². The number of hydrogen-bond donors (Lipinski definition) is 1. The molecule has 22 heavy (non-hydrogen) atoms. The second kappa shape index (κ2) is 7.85. The van der Waals surface area contributed by atoms with Crippen molar-refractivity contribution in [2.75, 3.05) is 31.6 Å². The Kier molecular flexibility index (Phi) is 6.10. The molecule has 1 aliphatic rings. The van der Waals surface area contributed by atoms with E-state index < -0.39 is 10.2 Å². The molecule has 0 aromatic carbocycles. The normalized spacial score (nSPS) is 19.6. The van der Waals surface area contributed by atoms with E-state index in [4.69, 9.17) is 0 Å². The van der Waals surface area contributed by atoms with E-state index in [2.05, 4.69) is 14.7 Å². The molecule has 1 fully saturated rings. The summed E-state index contributed by atoms with van der Waals surface area (Å²) in [5.41, 5.74) is 0. The molecule has 2 heterocycles. The molecular formula is C14H25N5O2S. The van der Waals surface area contributed by atoms with Crippen LogP contribution in [-0.4, -0.2) is 55.4 Å². The van der Waals surface area contributed by atoms with E-state index in [0.717, 1.165) is 32.2 Å². The Morgan fingerprint density at radius 1 is 1.41 bits per heavy atom. The second-order valence-corrected chi connectivity index (χ2v) is 7.44. The molecular weight excluding hydrogens is 302 g/mol. The summed E-state index contributed by atoms with van der Waals surface area (Å²) < 4.78 is 28.8. The van der Waals surface area contributed by atoms with E-state index in [-0.39, 0.29) is 6.04 Å². The molecule has 1 saturated heterocycles. The molecule has 0 spiro atoms. The van der Waals surface area contributed by atoms with Crippen LogP contribution >= 0.6 is 0 Å². The molecule has 0 unspecified atom stereocenters. The molecule has 1 N–H and O–H groups in total. The molecule has 0 saturated carbocycles. The first-order valence-corrected chi connectivity index (χ1v) is 9.22. The van der Waals surface area contributed by atoms with Crippen molar-refractivity contribution >= 4 is 16.2 Å². The molecule has 8 heteroatoms. The predicted molar refractivity (Wildman–Crippen MR) is 86.9 cm³/mol. The van der Waals surface area contributed by atoms with Crippen LogP contribution in [0.3, 0.4) is 0 Å². The fraction of sp³-hybridized carbons (Fsp3) is 0.714. The number of nitrogens with one attached hydrogen (secondary N) is 1. The van der Waals surface area contributed by atoms with Gasteiger partial charge < -0.3 is 4.90 Å². The lowest BCUT2D eigenvalue weighted by Gasteiger charge is -2.33. The zero-order chi connectivity index (χ0) is 16.0. The molecule has 1 atom stereocenters. The smallest absolute Gasteiger partial charge is 0.279 e. The van der Waals surface area contributed by atoms with E-state index in [9.17, 15) is 8.42 Å². The van der Waals surface area contributed by atoms with Crippen molar-refractivity contribution in [3.63, 3.8) is 0 Å². The molecule has 2 rings (SSSR count). The Balaban J connectivity index is 1.95. The Bertz CT molecular complexity index is 552. The van der Waals surface area contributed by atoms with Gasteiger partial charge in [-0.2, -0.15) is 17.4 Å². The van der Waals surface area contributed by atoms with Crippen molar-refractivity contribution in [2.45, 2.75) is 38.6 Å². The summed E-state index contributed by atoms with van der Waals surface area (Å²) in [7, 11) is -1.80. The number of unbranched alkanes of at least 4 members (excludes halogenated alkanes) is 1. The van der Waals surface area contributed by atoms with E-state index in [1.165, 1.54) is 4.31 Å². The van der Waals surface area contributed by atoms with Gasteiger partial charge in [-0.25, -0.2) is 9.97 Å². The number of rotatable bonds is 7. The average molecular weight is 327 g/mol. The van der Waals surface area contributed by atoms with Gasteiger partial charge in [-0.05, 0) is 25.3 Å². The summed E-state index contributed by atoms with van der Waals surface area (Å²) in [6.07, 6.45) is 7.01. The molecule has 0 radical (unpaired) electrons. The standard InChI is InChI=1S/C14H25N5O2S/c1-3-4-10-18(2)22(20,21)17-13-7-5-11-19(12-13)14-15-8-6-9-16-14/h6,8-9,13,17H,3-5,7,10-12H2,1-2H3/t13-/m0/s1. The maximum absolute atomic E-state index is 12.3. The fourth-order valence-electron chi connectivity index (χ4n) is 2.51. The third-order valence-corrected chi connectivity index (χ3v) is 5.44. The van der Waals surface area contributed by atoms with E-state index in [0.29, 0.717) is 19.0 Å². The summed E-state index contributed by atoms with van der Waals surface area (Å²) in [5.74, 6) is 0.658. The van der Waals surface area contributed by atoms with Crippen LogP contribution < -0.4 is 9.62 Å². The lowest BCUT2D eigenvalue weighted by atomic mass is 10.1. The van der Waals surface area contributed by atoms with Gasteiger partial charge in [0.2, 0.25) is 5.95 Å². The van der Waals surface area contributed by atoms with Crippen molar-refractivity contribution in [1.29, 1.82) is 0 Å². The average Bonchev–Trinajstić information content (AvgIpc) is 2.53. The summed E-state index contributed by atoms with van der Waals surface area (Å²) in [4.78, 5) is 10.5. The zero-order valence-electron chi connectivity index (χ0n) is 13.3. The maximum atomic E-state index is 12.3. The highest BCUT2D eigenvalue weighted by Crippen LogP contribution is 2.16. The van der Waals surface area contributed by atoms with Crippen LogP contribution in [0.5, 0.6) is 0 Å². The molecule has 0 bridgehead atoms. The van der Waals surface area contributed by atoms with Crippen LogP contribution in [0.4, 0.5) is 5.95 Å². The highest BCUT2D eigenvalue weighted by Gasteiger charge is 2.27. The van der Waals surface area contributed by atoms with E-state index in [1.807, 2.05) is 11.8 Å². The van der Waals surface area contributed by atoms with E-state index in [1.54, 1.807) is 25.5 Å². The number of anilines is 1. The van der Waals surface area contributed by atoms with Crippen molar-refractivity contribution in [1.82, 2.24) is 19.0 Å². The predicted octanol–water partition coefficient (Wildman–Crippen LogP) is 1.01. The number of aromatic nitrogens is 2. The summed E-state index contributed by atoms with van der Waals surface area (Å²) >= 11 is 0. The van der Waals surface area contributed by atoms with Crippen molar-refractivity contribution in [2.24, 2.45) is 0 Å². The first-order chi connectivity index (χ1) is 10.5. The number of piperidine rings is 1. The van der Waals surface area contributed by atoms with Gasteiger partial charge >= 0.3 is 0 Å². The Morgan fingerprint density at radius 3 is 2.82 bits per heavy atom. The Labute approximate surface area is 132 Å². The van der Waals surface area contributed by atoms with Gasteiger partial charge in [-0.3, -0.25) is 0 Å². The molecule has 7 nitrogen and oxygen atoms in total. The summed E-state index contributed by atoms with van der Waals surface area (Å²) in [5, 5.41) is 0. The lowest BCUT2D eigenvalue weighted by Crippen LogP contribution is -2.51. The van der Waals surface area contributed by atoms with Crippen LogP contribution in [0.25, 0.3) is 0 Å². The molecule has 1 aliphatic heterocycles. The van der Waals surface area contributed by atoms with Gasteiger partial charge in [0, 0.05) is 45.1 Å². The third kappa shape index (κ3) is 4.62. The van der Waals surface area contributed by atoms with Gasteiger partial charge in [0.1, 0.15) is 0 Å². The largest absolute Gasteiger partial charge is 0.339 e.